The maximum absolute atomic E-state index is 11.7. The monoisotopic (exact) mass is 276 g/mol. The first-order valence-electron chi connectivity index (χ1n) is 6.39. The summed E-state index contributed by atoms with van der Waals surface area (Å²) in [5.41, 5.74) is 8.36. The summed E-state index contributed by atoms with van der Waals surface area (Å²) >= 11 is 0. The van der Waals surface area contributed by atoms with Crippen LogP contribution in [0.1, 0.15) is 10.4 Å². The van der Waals surface area contributed by atoms with E-state index in [4.69, 9.17) is 5.73 Å². The lowest BCUT2D eigenvalue weighted by molar-refractivity contribution is 0.100. The number of carbonyl (C=O) groups is 1. The van der Waals surface area contributed by atoms with Crippen LogP contribution in [0.4, 0.5) is 0 Å². The molecule has 3 aromatic rings. The summed E-state index contributed by atoms with van der Waals surface area (Å²) in [5, 5.41) is 0. The first-order valence-corrected chi connectivity index (χ1v) is 6.39. The molecule has 0 aromatic carbocycles. The minimum atomic E-state index is -0.518. The van der Waals surface area contributed by atoms with Crippen molar-refractivity contribution in [2.24, 2.45) is 5.73 Å². The van der Waals surface area contributed by atoms with Gasteiger partial charge in [0.25, 0.3) is 0 Å². The van der Waals surface area contributed by atoms with E-state index < -0.39 is 5.91 Å². The standard InChI is InChI=1S/C16H12N4O/c17-16(21)11-7-10-20-15(13-6-2-4-9-19-13)14(11)12-5-1-3-8-18-12/h1-10H,(H2,17,21). The summed E-state index contributed by atoms with van der Waals surface area (Å²) in [7, 11) is 0. The van der Waals surface area contributed by atoms with E-state index >= 15 is 0 Å². The molecule has 0 radical (unpaired) electrons. The van der Waals surface area contributed by atoms with Crippen molar-refractivity contribution in [2.75, 3.05) is 0 Å². The van der Waals surface area contributed by atoms with E-state index in [1.807, 2.05) is 36.4 Å². The molecule has 1 amide bonds. The summed E-state index contributed by atoms with van der Waals surface area (Å²) < 4.78 is 0. The van der Waals surface area contributed by atoms with Gasteiger partial charge in [-0.25, -0.2) is 0 Å². The Labute approximate surface area is 121 Å². The molecule has 0 spiro atoms. The van der Waals surface area contributed by atoms with Crippen LogP contribution in [-0.2, 0) is 0 Å². The van der Waals surface area contributed by atoms with E-state index in [1.165, 1.54) is 0 Å². The second kappa shape index (κ2) is 5.50. The maximum atomic E-state index is 11.7. The van der Waals surface area contributed by atoms with Crippen molar-refractivity contribution in [1.29, 1.82) is 0 Å². The highest BCUT2D eigenvalue weighted by molar-refractivity contribution is 6.02. The number of primary amides is 1. The van der Waals surface area contributed by atoms with Gasteiger partial charge < -0.3 is 5.73 Å². The van der Waals surface area contributed by atoms with E-state index in [9.17, 15) is 4.79 Å². The molecule has 0 saturated heterocycles. The number of nitrogens with zero attached hydrogens (tertiary/aromatic N) is 3. The van der Waals surface area contributed by atoms with Crippen LogP contribution in [0.3, 0.4) is 0 Å². The number of hydrogen-bond donors (Lipinski definition) is 1. The fraction of sp³-hybridized carbons (Fsp3) is 0. The molecular weight excluding hydrogens is 264 g/mol. The minimum absolute atomic E-state index is 0.379. The van der Waals surface area contributed by atoms with Crippen molar-refractivity contribution < 1.29 is 4.79 Å². The molecule has 0 aliphatic carbocycles. The van der Waals surface area contributed by atoms with Crippen molar-refractivity contribution >= 4 is 5.91 Å². The molecule has 21 heavy (non-hydrogen) atoms. The van der Waals surface area contributed by atoms with Crippen LogP contribution in [-0.4, -0.2) is 20.9 Å². The van der Waals surface area contributed by atoms with Gasteiger partial charge in [-0.15, -0.1) is 0 Å². The number of aromatic nitrogens is 3. The third-order valence-corrected chi connectivity index (χ3v) is 3.04. The van der Waals surface area contributed by atoms with Gasteiger partial charge in [-0.05, 0) is 30.3 Å². The molecule has 0 saturated carbocycles. The Kier molecular flexibility index (Phi) is 3.39. The van der Waals surface area contributed by atoms with Crippen molar-refractivity contribution in [1.82, 2.24) is 15.0 Å². The molecule has 5 nitrogen and oxygen atoms in total. The molecule has 0 aliphatic heterocycles. The second-order valence-electron chi connectivity index (χ2n) is 4.38. The Morgan fingerprint density at radius 1 is 0.810 bits per heavy atom. The molecule has 3 aromatic heterocycles. The van der Waals surface area contributed by atoms with Gasteiger partial charge in [-0.3, -0.25) is 19.7 Å². The zero-order chi connectivity index (χ0) is 14.7. The third-order valence-electron chi connectivity index (χ3n) is 3.04. The SMILES string of the molecule is NC(=O)c1ccnc(-c2ccccn2)c1-c1ccccn1. The van der Waals surface area contributed by atoms with Gasteiger partial charge in [0, 0.05) is 24.2 Å². The van der Waals surface area contributed by atoms with Crippen molar-refractivity contribution in [3.63, 3.8) is 0 Å². The summed E-state index contributed by atoms with van der Waals surface area (Å²) in [6, 6.07) is 12.6. The molecule has 0 atom stereocenters. The largest absolute Gasteiger partial charge is 0.366 e. The Morgan fingerprint density at radius 3 is 2.05 bits per heavy atom. The Balaban J connectivity index is 2.31. The van der Waals surface area contributed by atoms with Gasteiger partial charge >= 0.3 is 0 Å². The Hall–Kier alpha value is -3.08. The molecule has 5 heteroatoms. The maximum Gasteiger partial charge on any atom is 0.249 e. The van der Waals surface area contributed by atoms with Crippen LogP contribution in [0.5, 0.6) is 0 Å². The molecule has 0 aliphatic rings. The van der Waals surface area contributed by atoms with Crippen LogP contribution < -0.4 is 5.73 Å². The van der Waals surface area contributed by atoms with Crippen LogP contribution in [0, 0.1) is 0 Å². The van der Waals surface area contributed by atoms with E-state index in [0.29, 0.717) is 28.2 Å². The molecule has 0 bridgehead atoms. The number of pyridine rings is 3. The van der Waals surface area contributed by atoms with Crippen LogP contribution in [0.2, 0.25) is 0 Å². The lowest BCUT2D eigenvalue weighted by Crippen LogP contribution is -2.13. The molecule has 3 rings (SSSR count). The minimum Gasteiger partial charge on any atom is -0.366 e. The average molecular weight is 276 g/mol. The van der Waals surface area contributed by atoms with Gasteiger partial charge in [0.1, 0.15) is 0 Å². The van der Waals surface area contributed by atoms with Crippen LogP contribution in [0.25, 0.3) is 22.6 Å². The summed E-state index contributed by atoms with van der Waals surface area (Å²) in [5.74, 6) is -0.518. The zero-order valence-corrected chi connectivity index (χ0v) is 11.1. The van der Waals surface area contributed by atoms with Crippen LogP contribution >= 0.6 is 0 Å². The number of nitrogens with two attached hydrogens (primary N) is 1. The second-order valence-corrected chi connectivity index (χ2v) is 4.38. The molecular formula is C16H12N4O. The molecule has 3 heterocycles. The highest BCUT2D eigenvalue weighted by Gasteiger charge is 2.18. The highest BCUT2D eigenvalue weighted by Crippen LogP contribution is 2.30. The van der Waals surface area contributed by atoms with Gasteiger partial charge in [0.05, 0.1) is 22.6 Å². The average Bonchev–Trinajstić information content (AvgIpc) is 2.55. The predicted molar refractivity (Wildman–Crippen MR) is 79.2 cm³/mol. The predicted octanol–water partition coefficient (Wildman–Crippen LogP) is 2.30. The first-order chi connectivity index (χ1) is 10.3. The summed E-state index contributed by atoms with van der Waals surface area (Å²) in [6.45, 7) is 0. The summed E-state index contributed by atoms with van der Waals surface area (Å²) in [4.78, 5) is 24.7. The smallest absolute Gasteiger partial charge is 0.249 e. The summed E-state index contributed by atoms with van der Waals surface area (Å²) in [6.07, 6.45) is 4.89. The number of hydrogen-bond acceptors (Lipinski definition) is 4. The number of amides is 1. The van der Waals surface area contributed by atoms with E-state index in [2.05, 4.69) is 15.0 Å². The number of carbonyl (C=O) groups excluding carboxylic acids is 1. The third kappa shape index (κ3) is 2.49. The fourth-order valence-corrected chi connectivity index (χ4v) is 2.13. The lowest BCUT2D eigenvalue weighted by Gasteiger charge is -2.11. The highest BCUT2D eigenvalue weighted by atomic mass is 16.1. The Morgan fingerprint density at radius 2 is 1.48 bits per heavy atom. The topological polar surface area (TPSA) is 81.8 Å². The van der Waals surface area contributed by atoms with Gasteiger partial charge in [-0.1, -0.05) is 12.1 Å². The lowest BCUT2D eigenvalue weighted by atomic mass is 10.00. The quantitative estimate of drug-likeness (QED) is 0.795. The Bertz CT molecular complexity index is 773. The molecule has 102 valence electrons. The normalized spacial score (nSPS) is 10.3. The van der Waals surface area contributed by atoms with Gasteiger partial charge in [0.2, 0.25) is 5.91 Å². The van der Waals surface area contributed by atoms with Gasteiger partial charge in [0.15, 0.2) is 0 Å². The van der Waals surface area contributed by atoms with Crippen molar-refractivity contribution in [3.8, 4) is 22.6 Å². The first kappa shape index (κ1) is 12.9. The van der Waals surface area contributed by atoms with E-state index in [1.54, 1.807) is 24.7 Å². The molecule has 0 fully saturated rings. The number of rotatable bonds is 3. The van der Waals surface area contributed by atoms with E-state index in [-0.39, 0.29) is 0 Å². The van der Waals surface area contributed by atoms with Crippen molar-refractivity contribution in [3.05, 3.63) is 66.6 Å². The van der Waals surface area contributed by atoms with Gasteiger partial charge in [-0.2, -0.15) is 0 Å². The molecule has 2 N–H and O–H groups in total. The van der Waals surface area contributed by atoms with Crippen molar-refractivity contribution in [2.45, 2.75) is 0 Å². The van der Waals surface area contributed by atoms with Crippen LogP contribution in [0.15, 0.2) is 61.1 Å². The fourth-order valence-electron chi connectivity index (χ4n) is 2.13. The molecule has 0 unspecified atom stereocenters. The van der Waals surface area contributed by atoms with E-state index in [0.717, 1.165) is 0 Å². The zero-order valence-electron chi connectivity index (χ0n) is 11.1.